The fourth-order valence-electron chi connectivity index (χ4n) is 2.29. The minimum absolute atomic E-state index is 0.345. The monoisotopic (exact) mass is 352 g/mol. The van der Waals surface area contributed by atoms with Gasteiger partial charge in [-0.3, -0.25) is 9.35 Å². The van der Waals surface area contributed by atoms with E-state index in [0.717, 1.165) is 12.8 Å². The van der Waals surface area contributed by atoms with E-state index in [-0.39, 0.29) is 0 Å². The molecule has 0 rings (SSSR count). The quantitative estimate of drug-likeness (QED) is 0.337. The first-order valence-corrected chi connectivity index (χ1v) is 10.8. The number of carbonyl (C=O) groups is 1. The normalized spacial score (nSPS) is 10.9. The Morgan fingerprint density at radius 2 is 1.00 bits per heavy atom. The average molecular weight is 353 g/mol. The largest absolute Gasteiger partial charge is 0.481 e. The number of carboxylic acids is 1. The second-order valence-electron chi connectivity index (χ2n) is 6.12. The van der Waals surface area contributed by atoms with Gasteiger partial charge in [0.05, 0.1) is 6.26 Å². The number of rotatable bonds is 14. The fraction of sp³-hybridized carbons (Fsp3) is 0.941. The fourth-order valence-corrected chi connectivity index (χ4v) is 2.29. The zero-order chi connectivity index (χ0) is 18.0. The topological polar surface area (TPSA) is 91.7 Å². The first kappa shape index (κ1) is 24.6. The van der Waals surface area contributed by atoms with Crippen LogP contribution in [0.5, 0.6) is 0 Å². The van der Waals surface area contributed by atoms with Crippen LogP contribution in [0, 0.1) is 0 Å². The Balaban J connectivity index is 0. The summed E-state index contributed by atoms with van der Waals surface area (Å²) in [7, 11) is -3.67. The minimum atomic E-state index is -3.67. The maximum atomic E-state index is 10.3. The van der Waals surface area contributed by atoms with Crippen molar-refractivity contribution in [2.75, 3.05) is 6.26 Å². The van der Waals surface area contributed by atoms with Crippen LogP contribution in [0.25, 0.3) is 0 Å². The Morgan fingerprint density at radius 1 is 0.739 bits per heavy atom. The number of unbranched alkanes of at least 4 members (excludes halogenated alkanes) is 12. The van der Waals surface area contributed by atoms with E-state index in [2.05, 4.69) is 6.92 Å². The summed E-state index contributed by atoms with van der Waals surface area (Å²) in [5.41, 5.74) is 0. The van der Waals surface area contributed by atoms with Gasteiger partial charge in [-0.05, 0) is 6.42 Å². The van der Waals surface area contributed by atoms with Crippen molar-refractivity contribution in [1.29, 1.82) is 0 Å². The van der Waals surface area contributed by atoms with Crippen LogP contribution in [0.1, 0.15) is 96.8 Å². The number of hydrogen-bond donors (Lipinski definition) is 2. The first-order valence-electron chi connectivity index (χ1n) is 8.91. The summed E-state index contributed by atoms with van der Waals surface area (Å²) in [6, 6.07) is 0. The smallest absolute Gasteiger partial charge is 0.303 e. The SMILES string of the molecule is CCCCCCCCCCCCCCCC(=O)O.CS(=O)(=O)O. The summed E-state index contributed by atoms with van der Waals surface area (Å²) >= 11 is 0. The van der Waals surface area contributed by atoms with Gasteiger partial charge in [0, 0.05) is 6.42 Å². The predicted molar refractivity (Wildman–Crippen MR) is 95.4 cm³/mol. The standard InChI is InChI=1S/C16H32O2.CH4O3S/c1-2-3-4-5-6-7-8-9-10-11-12-13-14-15-16(17)18;1-5(2,3)4/h2-15H2,1H3,(H,17,18);1H3,(H,2,3,4). The molecule has 0 fully saturated rings. The van der Waals surface area contributed by atoms with E-state index < -0.39 is 16.1 Å². The van der Waals surface area contributed by atoms with Gasteiger partial charge in [-0.2, -0.15) is 8.42 Å². The summed E-state index contributed by atoms with van der Waals surface area (Å²) in [6.45, 7) is 2.26. The lowest BCUT2D eigenvalue weighted by molar-refractivity contribution is -0.137. The molecule has 0 aliphatic rings. The van der Waals surface area contributed by atoms with Crippen molar-refractivity contribution in [2.45, 2.75) is 96.8 Å². The molecule has 6 heteroatoms. The highest BCUT2D eigenvalue weighted by Crippen LogP contribution is 2.12. The lowest BCUT2D eigenvalue weighted by Gasteiger charge is -2.02. The molecule has 2 N–H and O–H groups in total. The second kappa shape index (κ2) is 17.7. The predicted octanol–water partition coefficient (Wildman–Crippen LogP) is 5.06. The molecule has 0 aliphatic carbocycles. The van der Waals surface area contributed by atoms with Gasteiger partial charge in [-0.25, -0.2) is 0 Å². The highest BCUT2D eigenvalue weighted by atomic mass is 32.2. The van der Waals surface area contributed by atoms with Gasteiger partial charge >= 0.3 is 5.97 Å². The van der Waals surface area contributed by atoms with Crippen molar-refractivity contribution in [2.24, 2.45) is 0 Å². The zero-order valence-electron chi connectivity index (χ0n) is 14.9. The molecule has 0 unspecified atom stereocenters. The molecule has 0 bridgehead atoms. The third-order valence-corrected chi connectivity index (χ3v) is 3.49. The number of carboxylic acid groups (broad SMARTS) is 1. The number of hydrogen-bond acceptors (Lipinski definition) is 3. The molecule has 0 saturated heterocycles. The highest BCUT2D eigenvalue weighted by molar-refractivity contribution is 7.85. The first-order chi connectivity index (χ1) is 10.8. The van der Waals surface area contributed by atoms with Crippen molar-refractivity contribution < 1.29 is 22.9 Å². The third kappa shape index (κ3) is 38.8. The summed E-state index contributed by atoms with van der Waals surface area (Å²) < 4.78 is 25.9. The van der Waals surface area contributed by atoms with Crippen molar-refractivity contribution >= 4 is 16.1 Å². The average Bonchev–Trinajstić information content (AvgIpc) is 2.42. The van der Waals surface area contributed by atoms with E-state index in [4.69, 9.17) is 9.66 Å². The molecular weight excluding hydrogens is 316 g/mol. The van der Waals surface area contributed by atoms with Crippen LogP contribution in [0.15, 0.2) is 0 Å². The second-order valence-corrected chi connectivity index (χ2v) is 7.59. The van der Waals surface area contributed by atoms with E-state index >= 15 is 0 Å². The maximum Gasteiger partial charge on any atom is 0.303 e. The summed E-state index contributed by atoms with van der Waals surface area (Å²) in [4.78, 5) is 10.3. The molecule has 0 saturated carbocycles. The van der Waals surface area contributed by atoms with Crippen LogP contribution in [-0.4, -0.2) is 30.3 Å². The van der Waals surface area contributed by atoms with Crippen LogP contribution >= 0.6 is 0 Å². The molecule has 0 radical (unpaired) electrons. The molecule has 0 amide bonds. The molecule has 0 atom stereocenters. The summed E-state index contributed by atoms with van der Waals surface area (Å²) in [6.07, 6.45) is 18.0. The molecule has 23 heavy (non-hydrogen) atoms. The molecular formula is C17H36O5S. The van der Waals surface area contributed by atoms with Gasteiger partial charge < -0.3 is 5.11 Å². The van der Waals surface area contributed by atoms with E-state index in [1.807, 2.05) is 0 Å². The van der Waals surface area contributed by atoms with Crippen molar-refractivity contribution in [3.05, 3.63) is 0 Å². The van der Waals surface area contributed by atoms with Crippen LogP contribution in [-0.2, 0) is 14.9 Å². The van der Waals surface area contributed by atoms with Gasteiger partial charge in [0.2, 0.25) is 0 Å². The van der Waals surface area contributed by atoms with Crippen LogP contribution < -0.4 is 0 Å². The van der Waals surface area contributed by atoms with E-state index in [1.165, 1.54) is 70.6 Å². The van der Waals surface area contributed by atoms with Crippen LogP contribution in [0.4, 0.5) is 0 Å². The Bertz CT molecular complexity index is 344. The van der Waals surface area contributed by atoms with Crippen molar-refractivity contribution in [3.63, 3.8) is 0 Å². The molecule has 0 heterocycles. The molecule has 0 aromatic rings. The molecule has 0 aromatic heterocycles. The Kier molecular flexibility index (Phi) is 19.0. The van der Waals surface area contributed by atoms with Gasteiger partial charge in [0.15, 0.2) is 0 Å². The minimum Gasteiger partial charge on any atom is -0.481 e. The lowest BCUT2D eigenvalue weighted by atomic mass is 10.0. The maximum absolute atomic E-state index is 10.3. The highest BCUT2D eigenvalue weighted by Gasteiger charge is 1.96. The summed E-state index contributed by atoms with van der Waals surface area (Å²) in [5, 5.41) is 8.49. The molecule has 0 aliphatic heterocycles. The Morgan fingerprint density at radius 3 is 1.26 bits per heavy atom. The van der Waals surface area contributed by atoms with Crippen molar-refractivity contribution in [1.82, 2.24) is 0 Å². The molecule has 0 aromatic carbocycles. The van der Waals surface area contributed by atoms with Gasteiger partial charge in [-0.1, -0.05) is 84.0 Å². The summed E-state index contributed by atoms with van der Waals surface area (Å²) in [5.74, 6) is -0.655. The lowest BCUT2D eigenvalue weighted by Crippen LogP contribution is -1.93. The van der Waals surface area contributed by atoms with E-state index in [1.54, 1.807) is 0 Å². The van der Waals surface area contributed by atoms with E-state index in [9.17, 15) is 13.2 Å². The van der Waals surface area contributed by atoms with Crippen molar-refractivity contribution in [3.8, 4) is 0 Å². The zero-order valence-corrected chi connectivity index (χ0v) is 15.7. The third-order valence-electron chi connectivity index (χ3n) is 3.49. The Hall–Kier alpha value is -0.620. The van der Waals surface area contributed by atoms with Gasteiger partial charge in [-0.15, -0.1) is 0 Å². The molecule has 0 spiro atoms. The van der Waals surface area contributed by atoms with Crippen LogP contribution in [0.2, 0.25) is 0 Å². The van der Waals surface area contributed by atoms with Gasteiger partial charge in [0.25, 0.3) is 10.1 Å². The molecule has 140 valence electrons. The number of aliphatic carboxylic acids is 1. The van der Waals surface area contributed by atoms with E-state index in [0.29, 0.717) is 12.7 Å². The molecule has 5 nitrogen and oxygen atoms in total. The Labute approximate surface area is 142 Å². The van der Waals surface area contributed by atoms with Crippen LogP contribution in [0.3, 0.4) is 0 Å². The van der Waals surface area contributed by atoms with Gasteiger partial charge in [0.1, 0.15) is 0 Å².